The van der Waals surface area contributed by atoms with Crippen molar-refractivity contribution in [2.45, 2.75) is 51.2 Å². The lowest BCUT2D eigenvalue weighted by Gasteiger charge is -2.33. The van der Waals surface area contributed by atoms with Gasteiger partial charge in [0.05, 0.1) is 34.2 Å². The first-order valence-electron chi connectivity index (χ1n) is 12.7. The van der Waals surface area contributed by atoms with Crippen molar-refractivity contribution in [3.63, 3.8) is 0 Å². The maximum absolute atomic E-state index is 13.7. The van der Waals surface area contributed by atoms with Crippen LogP contribution in [0, 0.1) is 12.3 Å². The van der Waals surface area contributed by atoms with E-state index in [1.54, 1.807) is 37.3 Å². The predicted molar refractivity (Wildman–Crippen MR) is 155 cm³/mol. The fourth-order valence-electron chi connectivity index (χ4n) is 5.24. The Labute approximate surface area is 239 Å². The number of pyridine rings is 1. The summed E-state index contributed by atoms with van der Waals surface area (Å²) in [5.74, 6) is 5.51. The van der Waals surface area contributed by atoms with Gasteiger partial charge in [-0.1, -0.05) is 17.7 Å². The fraction of sp³-hybridized carbons (Fsp3) is 0.407. The lowest BCUT2D eigenvalue weighted by Crippen LogP contribution is -2.38. The molecule has 5 rings (SSSR count). The van der Waals surface area contributed by atoms with Crippen LogP contribution in [0.2, 0.25) is 4.34 Å². The maximum Gasteiger partial charge on any atom is 0.310 e. The third kappa shape index (κ3) is 5.02. The molecular weight excluding hydrogens is 558 g/mol. The number of carboxylic acids is 1. The Bertz CT molecular complexity index is 1450. The molecule has 4 N–H and O–H groups in total. The number of anilines is 2. The number of halogens is 1. The zero-order valence-corrected chi connectivity index (χ0v) is 24.6. The number of hydrogen-bond donors (Lipinski definition) is 3. The number of nitrogens with two attached hydrogens (primary N) is 1. The number of fused-ring (bicyclic) bond motifs is 7. The summed E-state index contributed by atoms with van der Waals surface area (Å²) in [6.45, 7) is 9.09. The van der Waals surface area contributed by atoms with E-state index in [1.807, 2.05) is 36.4 Å². The second kappa shape index (κ2) is 10.7. The number of rotatable bonds is 4. The molecule has 0 saturated heterocycles. The van der Waals surface area contributed by atoms with Crippen LogP contribution < -0.4 is 20.9 Å². The van der Waals surface area contributed by atoms with E-state index in [2.05, 4.69) is 10.3 Å². The summed E-state index contributed by atoms with van der Waals surface area (Å²) >= 11 is 8.16. The molecule has 39 heavy (non-hydrogen) atoms. The van der Waals surface area contributed by atoms with E-state index < -0.39 is 28.3 Å². The average Bonchev–Trinajstić information content (AvgIpc) is 3.19. The molecule has 4 heterocycles. The molecule has 2 aliphatic heterocycles. The van der Waals surface area contributed by atoms with Gasteiger partial charge in [0, 0.05) is 36.3 Å². The number of nitrogens with zero attached hydrogens (tertiary/aromatic N) is 3. The first kappa shape index (κ1) is 27.9. The number of aliphatic carboxylic acids is 1. The van der Waals surface area contributed by atoms with Gasteiger partial charge in [-0.15, -0.1) is 11.3 Å². The SMILES string of the molecule is CCN(N)c1ccc2c(C)c1NC[C@@H]1CN(Cc3cc(sc3Cl)[C@H]2C(C)(C)C(=O)O)S(=O)c2cnccc2O1. The van der Waals surface area contributed by atoms with E-state index in [0.717, 1.165) is 32.9 Å². The molecule has 2 aliphatic rings. The van der Waals surface area contributed by atoms with Gasteiger partial charge in [-0.3, -0.25) is 9.78 Å². The highest BCUT2D eigenvalue weighted by molar-refractivity contribution is 7.82. The Morgan fingerprint density at radius 2 is 2.18 bits per heavy atom. The van der Waals surface area contributed by atoms with Crippen molar-refractivity contribution in [3.05, 3.63) is 62.6 Å². The van der Waals surface area contributed by atoms with Gasteiger partial charge < -0.3 is 20.2 Å². The number of thiophene rings is 1. The minimum Gasteiger partial charge on any atom is -0.486 e. The van der Waals surface area contributed by atoms with Crippen LogP contribution in [0.25, 0.3) is 0 Å². The number of carbonyl (C=O) groups is 1. The van der Waals surface area contributed by atoms with E-state index in [9.17, 15) is 14.1 Å². The first-order chi connectivity index (χ1) is 18.5. The molecule has 0 fully saturated rings. The van der Waals surface area contributed by atoms with Gasteiger partial charge in [0.15, 0.2) is 0 Å². The smallest absolute Gasteiger partial charge is 0.310 e. The minimum atomic E-state index is -1.54. The second-order valence-corrected chi connectivity index (χ2v) is 13.5. The van der Waals surface area contributed by atoms with Gasteiger partial charge in [0.25, 0.3) is 0 Å². The van der Waals surface area contributed by atoms with Crippen LogP contribution in [0.15, 0.2) is 41.6 Å². The average molecular weight is 590 g/mol. The topological polar surface area (TPSA) is 121 Å². The molecule has 0 aliphatic carbocycles. The third-order valence-corrected chi connectivity index (χ3v) is 10.4. The quantitative estimate of drug-likeness (QED) is 0.294. The van der Waals surface area contributed by atoms with Gasteiger partial charge in [0.2, 0.25) is 0 Å². The van der Waals surface area contributed by atoms with Gasteiger partial charge in [-0.05, 0) is 62.6 Å². The highest BCUT2D eigenvalue weighted by atomic mass is 35.5. The number of hydrogen-bond acceptors (Lipinski definition) is 8. The van der Waals surface area contributed by atoms with Crippen molar-refractivity contribution in [2.75, 3.05) is 30.0 Å². The van der Waals surface area contributed by atoms with E-state index in [4.69, 9.17) is 22.2 Å². The predicted octanol–water partition coefficient (Wildman–Crippen LogP) is 4.76. The lowest BCUT2D eigenvalue weighted by molar-refractivity contribution is -0.147. The van der Waals surface area contributed by atoms with Crippen LogP contribution in [0.1, 0.15) is 48.3 Å². The minimum absolute atomic E-state index is 0.310. The van der Waals surface area contributed by atoms with Crippen molar-refractivity contribution in [1.29, 1.82) is 0 Å². The largest absolute Gasteiger partial charge is 0.486 e. The van der Waals surface area contributed by atoms with Gasteiger partial charge in [-0.2, -0.15) is 0 Å². The molecule has 6 bridgehead atoms. The number of carboxylic acid groups (broad SMARTS) is 1. The molecule has 3 aromatic rings. The van der Waals surface area contributed by atoms with Crippen LogP contribution >= 0.6 is 22.9 Å². The zero-order valence-electron chi connectivity index (χ0n) is 22.2. The fourth-order valence-corrected chi connectivity index (χ4v) is 8.10. The van der Waals surface area contributed by atoms with E-state index in [0.29, 0.717) is 41.2 Å². The summed E-state index contributed by atoms with van der Waals surface area (Å²) in [7, 11) is -1.54. The van der Waals surface area contributed by atoms with Crippen LogP contribution in [-0.4, -0.2) is 50.3 Å². The number of hydrazine groups is 1. The molecule has 2 aromatic heterocycles. The molecule has 0 amide bonds. The molecule has 9 nitrogen and oxygen atoms in total. The summed E-state index contributed by atoms with van der Waals surface area (Å²) in [5, 5.41) is 15.5. The summed E-state index contributed by atoms with van der Waals surface area (Å²) in [4.78, 5) is 18.1. The summed E-state index contributed by atoms with van der Waals surface area (Å²) in [6, 6.07) is 7.60. The Morgan fingerprint density at radius 1 is 1.41 bits per heavy atom. The highest BCUT2D eigenvalue weighted by Gasteiger charge is 2.42. The van der Waals surface area contributed by atoms with Gasteiger partial charge in [-0.25, -0.2) is 14.4 Å². The molecule has 2 unspecified atom stereocenters. The molecule has 4 atom stereocenters. The molecule has 1 aromatic carbocycles. The number of nitrogens with one attached hydrogen (secondary N) is 1. The normalized spacial score (nSPS) is 22.6. The third-order valence-electron chi connectivity index (χ3n) is 7.50. The number of aromatic nitrogens is 1. The number of ether oxygens (including phenoxy) is 1. The van der Waals surface area contributed by atoms with Crippen molar-refractivity contribution in [2.24, 2.45) is 11.3 Å². The van der Waals surface area contributed by atoms with Gasteiger partial charge >= 0.3 is 5.97 Å². The Kier molecular flexibility index (Phi) is 7.64. The van der Waals surface area contributed by atoms with Crippen LogP contribution in [-0.2, 0) is 22.3 Å². The Balaban J connectivity index is 1.74. The summed E-state index contributed by atoms with van der Waals surface area (Å²) in [5.41, 5.74) is 3.03. The monoisotopic (exact) mass is 589 g/mol. The van der Waals surface area contributed by atoms with Gasteiger partial charge in [0.1, 0.15) is 27.7 Å². The van der Waals surface area contributed by atoms with Crippen molar-refractivity contribution in [1.82, 2.24) is 9.29 Å². The first-order valence-corrected chi connectivity index (χ1v) is 15.0. The molecular formula is C27H32ClN5O4S2. The standard InChI is InChI=1S/C27H32ClN5O4S2/c1-5-33(29)19-7-6-18-15(2)24(19)31-11-17-14-32(39(36)22-12-30-9-8-20(22)37-17)13-16-10-21(38-25(16)28)23(18)27(3,4)26(34)35/h6-10,12,17,23,31H,5,11,13-14,29H2,1-4H3,(H,34,35)/t17-,23+,39?/m1/s1. The Hall–Kier alpha value is -2.70. The van der Waals surface area contributed by atoms with Crippen molar-refractivity contribution >= 4 is 51.3 Å². The van der Waals surface area contributed by atoms with Crippen molar-refractivity contribution < 1.29 is 18.8 Å². The maximum atomic E-state index is 13.7. The summed E-state index contributed by atoms with van der Waals surface area (Å²) in [6.07, 6.45) is 2.84. The van der Waals surface area contributed by atoms with Crippen LogP contribution in [0.3, 0.4) is 0 Å². The second-order valence-electron chi connectivity index (χ2n) is 10.4. The van der Waals surface area contributed by atoms with Crippen LogP contribution in [0.5, 0.6) is 5.75 Å². The highest BCUT2D eigenvalue weighted by Crippen LogP contribution is 2.49. The van der Waals surface area contributed by atoms with E-state index in [-0.39, 0.29) is 6.10 Å². The molecule has 0 saturated carbocycles. The zero-order chi connectivity index (χ0) is 28.1. The van der Waals surface area contributed by atoms with E-state index in [1.165, 1.54) is 11.3 Å². The summed E-state index contributed by atoms with van der Waals surface area (Å²) < 4.78 is 22.4. The van der Waals surface area contributed by atoms with E-state index >= 15 is 0 Å². The molecule has 12 heteroatoms. The molecule has 0 spiro atoms. The number of benzene rings is 1. The lowest BCUT2D eigenvalue weighted by atomic mass is 9.72. The molecule has 0 radical (unpaired) electrons. The molecule has 208 valence electrons. The van der Waals surface area contributed by atoms with Crippen LogP contribution in [0.4, 0.5) is 11.4 Å². The Morgan fingerprint density at radius 3 is 2.90 bits per heavy atom. The van der Waals surface area contributed by atoms with Crippen molar-refractivity contribution in [3.8, 4) is 5.75 Å².